The number of halogens is 2. The predicted molar refractivity (Wildman–Crippen MR) is 100 cm³/mol. The topological polar surface area (TPSA) is 66.5 Å². The van der Waals surface area contributed by atoms with Crippen molar-refractivity contribution in [3.05, 3.63) is 69.7 Å². The van der Waals surface area contributed by atoms with Gasteiger partial charge in [-0.05, 0) is 23.3 Å². The summed E-state index contributed by atoms with van der Waals surface area (Å²) in [6, 6.07) is 12.7. The molecule has 2 aromatic carbocycles. The van der Waals surface area contributed by atoms with Gasteiger partial charge in [0.2, 0.25) is 15.9 Å². The first-order valence-corrected chi connectivity index (χ1v) is 10.00. The van der Waals surface area contributed by atoms with Crippen molar-refractivity contribution in [3.63, 3.8) is 0 Å². The molecular formula is C17H18Cl2N2O3S. The lowest BCUT2D eigenvalue weighted by Crippen LogP contribution is -2.41. The number of carbonyl (C=O) groups is 1. The highest BCUT2D eigenvalue weighted by atomic mass is 35.5. The number of sulfonamides is 1. The maximum Gasteiger partial charge on any atom is 0.243 e. The van der Waals surface area contributed by atoms with Gasteiger partial charge >= 0.3 is 0 Å². The quantitative estimate of drug-likeness (QED) is 0.808. The Hall–Kier alpha value is -1.60. The molecule has 1 N–H and O–H groups in total. The van der Waals surface area contributed by atoms with E-state index in [-0.39, 0.29) is 6.54 Å². The average Bonchev–Trinajstić information content (AvgIpc) is 2.54. The first-order valence-electron chi connectivity index (χ1n) is 7.39. The Morgan fingerprint density at radius 2 is 1.80 bits per heavy atom. The van der Waals surface area contributed by atoms with Crippen LogP contribution in [-0.2, 0) is 21.4 Å². The molecule has 134 valence electrons. The molecule has 1 atom stereocenters. The number of nitrogens with zero attached hydrogens (tertiary/aromatic N) is 1. The molecule has 0 aliphatic rings. The second kappa shape index (κ2) is 8.19. The zero-order valence-electron chi connectivity index (χ0n) is 13.7. The van der Waals surface area contributed by atoms with Crippen molar-refractivity contribution in [1.82, 2.24) is 9.62 Å². The van der Waals surface area contributed by atoms with E-state index in [9.17, 15) is 13.2 Å². The first-order chi connectivity index (χ1) is 11.7. The zero-order chi connectivity index (χ0) is 18.6. The summed E-state index contributed by atoms with van der Waals surface area (Å²) in [5.74, 6) is -0.440. The van der Waals surface area contributed by atoms with Crippen molar-refractivity contribution >= 4 is 39.1 Å². The Balaban J connectivity index is 2.24. The molecule has 0 fully saturated rings. The fourth-order valence-electron chi connectivity index (χ4n) is 2.30. The van der Waals surface area contributed by atoms with Crippen LogP contribution < -0.4 is 5.32 Å². The summed E-state index contributed by atoms with van der Waals surface area (Å²) in [4.78, 5) is 12.7. The molecule has 8 heteroatoms. The molecule has 5 nitrogen and oxygen atoms in total. The van der Waals surface area contributed by atoms with Crippen molar-refractivity contribution in [2.24, 2.45) is 0 Å². The van der Waals surface area contributed by atoms with Crippen LogP contribution in [0.3, 0.4) is 0 Å². The summed E-state index contributed by atoms with van der Waals surface area (Å²) in [6.45, 7) is 0.162. The number of benzene rings is 2. The molecule has 25 heavy (non-hydrogen) atoms. The molecule has 0 saturated heterocycles. The normalized spacial score (nSPS) is 12.8. The number of hydrogen-bond acceptors (Lipinski definition) is 3. The minimum atomic E-state index is -3.56. The third kappa shape index (κ3) is 5.19. The van der Waals surface area contributed by atoms with E-state index in [0.717, 1.165) is 10.6 Å². The summed E-state index contributed by atoms with van der Waals surface area (Å²) in [6.07, 6.45) is 1.06. The summed E-state index contributed by atoms with van der Waals surface area (Å²) >= 11 is 12.0. The molecule has 0 radical (unpaired) electrons. The first kappa shape index (κ1) is 19.7. The number of rotatable bonds is 6. The molecule has 1 unspecified atom stereocenters. The number of amides is 1. The van der Waals surface area contributed by atoms with Crippen LogP contribution in [0.15, 0.2) is 48.5 Å². The largest absolute Gasteiger partial charge is 0.350 e. The third-order valence-electron chi connectivity index (χ3n) is 3.72. The smallest absolute Gasteiger partial charge is 0.243 e. The van der Waals surface area contributed by atoms with Crippen molar-refractivity contribution < 1.29 is 13.2 Å². The fraction of sp³-hybridized carbons (Fsp3) is 0.235. The lowest BCUT2D eigenvalue weighted by Gasteiger charge is -2.25. The van der Waals surface area contributed by atoms with Gasteiger partial charge in [0.05, 0.1) is 6.26 Å². The summed E-state index contributed by atoms with van der Waals surface area (Å²) in [5, 5.41) is 3.67. The summed E-state index contributed by atoms with van der Waals surface area (Å²) in [7, 11) is -2.19. The van der Waals surface area contributed by atoms with E-state index in [1.54, 1.807) is 48.5 Å². The van der Waals surface area contributed by atoms with Crippen molar-refractivity contribution in [3.8, 4) is 0 Å². The van der Waals surface area contributed by atoms with Crippen LogP contribution in [0.1, 0.15) is 17.2 Å². The Bertz CT molecular complexity index is 857. The van der Waals surface area contributed by atoms with Gasteiger partial charge in [0.25, 0.3) is 0 Å². The molecular weight excluding hydrogens is 383 g/mol. The minimum Gasteiger partial charge on any atom is -0.350 e. The molecule has 0 heterocycles. The molecule has 2 rings (SSSR count). The number of nitrogens with one attached hydrogen (secondary N) is 1. The van der Waals surface area contributed by atoms with Gasteiger partial charge < -0.3 is 5.32 Å². The van der Waals surface area contributed by atoms with Gasteiger partial charge in [-0.3, -0.25) is 4.79 Å². The van der Waals surface area contributed by atoms with E-state index >= 15 is 0 Å². The zero-order valence-corrected chi connectivity index (χ0v) is 16.1. The standard InChI is InChI=1S/C17H18Cl2N2O3S/c1-21(25(2,23)24)16(12-6-4-3-5-7-12)17(22)20-11-13-8-9-14(18)10-15(13)19/h3-10,16H,11H2,1-2H3,(H,20,22). The molecule has 1 amide bonds. The van der Waals surface area contributed by atoms with Crippen LogP contribution in [0.2, 0.25) is 10.0 Å². The van der Waals surface area contributed by atoms with Crippen molar-refractivity contribution in [1.29, 1.82) is 0 Å². The highest BCUT2D eigenvalue weighted by molar-refractivity contribution is 7.88. The maximum absolute atomic E-state index is 12.7. The predicted octanol–water partition coefficient (Wildman–Crippen LogP) is 3.24. The summed E-state index contributed by atoms with van der Waals surface area (Å²) < 4.78 is 24.9. The van der Waals surface area contributed by atoms with E-state index in [1.807, 2.05) is 0 Å². The van der Waals surface area contributed by atoms with E-state index in [2.05, 4.69) is 5.32 Å². The van der Waals surface area contributed by atoms with Crippen molar-refractivity contribution in [2.45, 2.75) is 12.6 Å². The number of likely N-dealkylation sites (N-methyl/N-ethyl adjacent to an activating group) is 1. The van der Waals surface area contributed by atoms with Crippen LogP contribution in [0.5, 0.6) is 0 Å². The highest BCUT2D eigenvalue weighted by Crippen LogP contribution is 2.24. The molecule has 0 saturated carbocycles. The van der Waals surface area contributed by atoms with Gasteiger partial charge in [0.15, 0.2) is 0 Å². The number of hydrogen-bond donors (Lipinski definition) is 1. The third-order valence-corrected chi connectivity index (χ3v) is 5.56. The van der Waals surface area contributed by atoms with Gasteiger partial charge in [-0.1, -0.05) is 59.6 Å². The molecule has 0 bridgehead atoms. The van der Waals surface area contributed by atoms with Gasteiger partial charge in [0.1, 0.15) is 6.04 Å². The van der Waals surface area contributed by atoms with Gasteiger partial charge in [-0.25, -0.2) is 8.42 Å². The Kier molecular flexibility index (Phi) is 6.46. The van der Waals surface area contributed by atoms with Gasteiger partial charge in [-0.2, -0.15) is 4.31 Å². The maximum atomic E-state index is 12.7. The Morgan fingerprint density at radius 3 is 2.36 bits per heavy atom. The van der Waals surface area contributed by atoms with Crippen molar-refractivity contribution in [2.75, 3.05) is 13.3 Å². The Labute approximate surface area is 157 Å². The van der Waals surface area contributed by atoms with E-state index in [0.29, 0.717) is 21.2 Å². The minimum absolute atomic E-state index is 0.162. The molecule has 0 aromatic heterocycles. The van der Waals surface area contributed by atoms with Gasteiger partial charge in [0, 0.05) is 23.6 Å². The molecule has 0 aliphatic heterocycles. The molecule has 0 aliphatic carbocycles. The molecule has 0 spiro atoms. The lowest BCUT2D eigenvalue weighted by atomic mass is 10.1. The monoisotopic (exact) mass is 400 g/mol. The highest BCUT2D eigenvalue weighted by Gasteiger charge is 2.30. The van der Waals surface area contributed by atoms with Crippen LogP contribution in [0.25, 0.3) is 0 Å². The van der Waals surface area contributed by atoms with Crippen LogP contribution >= 0.6 is 23.2 Å². The second-order valence-electron chi connectivity index (χ2n) is 5.55. The second-order valence-corrected chi connectivity index (χ2v) is 8.43. The lowest BCUT2D eigenvalue weighted by molar-refractivity contribution is -0.124. The van der Waals surface area contributed by atoms with Gasteiger partial charge in [-0.15, -0.1) is 0 Å². The van der Waals surface area contributed by atoms with E-state index in [4.69, 9.17) is 23.2 Å². The van der Waals surface area contributed by atoms with E-state index in [1.165, 1.54) is 7.05 Å². The average molecular weight is 401 g/mol. The van der Waals surface area contributed by atoms with Crippen LogP contribution in [0.4, 0.5) is 0 Å². The SMILES string of the molecule is CN(C(C(=O)NCc1ccc(Cl)cc1Cl)c1ccccc1)S(C)(=O)=O. The Morgan fingerprint density at radius 1 is 1.16 bits per heavy atom. The fourth-order valence-corrected chi connectivity index (χ4v) is 3.37. The van der Waals surface area contributed by atoms with E-state index < -0.39 is 22.0 Å². The van der Waals surface area contributed by atoms with Crippen LogP contribution in [-0.4, -0.2) is 31.9 Å². The van der Waals surface area contributed by atoms with Crippen LogP contribution in [0, 0.1) is 0 Å². The number of carbonyl (C=O) groups excluding carboxylic acids is 1. The molecule has 2 aromatic rings. The summed E-state index contributed by atoms with van der Waals surface area (Å²) in [5.41, 5.74) is 1.27.